The van der Waals surface area contributed by atoms with E-state index in [1.165, 1.54) is 23.7 Å². The lowest BCUT2D eigenvalue weighted by molar-refractivity contribution is -0.136. The van der Waals surface area contributed by atoms with Crippen molar-refractivity contribution in [1.82, 2.24) is 15.1 Å². The lowest BCUT2D eigenvalue weighted by Gasteiger charge is -2.33. The van der Waals surface area contributed by atoms with E-state index in [4.69, 9.17) is 4.42 Å². The molecule has 3 atom stereocenters. The molecule has 1 aliphatic carbocycles. The summed E-state index contributed by atoms with van der Waals surface area (Å²) in [5, 5.41) is 3.08. The van der Waals surface area contributed by atoms with Gasteiger partial charge in [-0.2, -0.15) is 0 Å². The molecule has 3 amide bonds. The number of benzene rings is 1. The first kappa shape index (κ1) is 22.7. The lowest BCUT2D eigenvalue weighted by Crippen LogP contribution is -2.47. The van der Waals surface area contributed by atoms with Crippen molar-refractivity contribution in [2.75, 3.05) is 19.6 Å². The fraction of sp³-hybridized carbons (Fsp3) is 0.519. The van der Waals surface area contributed by atoms with Gasteiger partial charge in [-0.15, -0.1) is 0 Å². The molecule has 5 rings (SSSR count). The highest BCUT2D eigenvalue weighted by atomic mass is 16.3. The zero-order valence-corrected chi connectivity index (χ0v) is 19.6. The molecule has 0 spiro atoms. The molecule has 2 fully saturated rings. The van der Waals surface area contributed by atoms with Gasteiger partial charge in [0.2, 0.25) is 11.8 Å². The summed E-state index contributed by atoms with van der Waals surface area (Å²) in [4.78, 5) is 44.0. The van der Waals surface area contributed by atoms with Crippen LogP contribution < -0.4 is 5.32 Å². The Kier molecular flexibility index (Phi) is 6.70. The second-order valence-corrected chi connectivity index (χ2v) is 9.84. The van der Waals surface area contributed by atoms with Gasteiger partial charge in [-0.25, -0.2) is 0 Å². The van der Waals surface area contributed by atoms with Crippen LogP contribution in [0.3, 0.4) is 0 Å². The monoisotopic (exact) mass is 463 g/mol. The number of carbonyl (C=O) groups excluding carboxylic acids is 3. The molecule has 1 N–H and O–H groups in total. The molecule has 0 bridgehead atoms. The molecule has 2 aromatic rings. The Labute approximate surface area is 200 Å². The topological polar surface area (TPSA) is 82.9 Å². The van der Waals surface area contributed by atoms with Crippen LogP contribution in [-0.2, 0) is 22.6 Å². The SMILES string of the molecule is O=C1NCCCCCCN(C(=O)c2ccoc2)[C@H]2C[C@H](C(=O)N3CCc4ccccc4C3)C[C@@H]12. The van der Waals surface area contributed by atoms with Crippen LogP contribution >= 0.6 is 0 Å². The highest BCUT2D eigenvalue weighted by Crippen LogP contribution is 2.38. The molecule has 1 saturated carbocycles. The van der Waals surface area contributed by atoms with Crippen LogP contribution in [0.1, 0.15) is 60.0 Å². The van der Waals surface area contributed by atoms with E-state index in [2.05, 4.69) is 17.4 Å². The second kappa shape index (κ2) is 10.0. The van der Waals surface area contributed by atoms with E-state index in [1.807, 2.05) is 21.9 Å². The van der Waals surface area contributed by atoms with Crippen LogP contribution in [0.15, 0.2) is 47.3 Å². The van der Waals surface area contributed by atoms with E-state index in [-0.39, 0.29) is 35.6 Å². The summed E-state index contributed by atoms with van der Waals surface area (Å²) in [6, 6.07) is 9.67. The molecule has 0 radical (unpaired) electrons. The molecule has 0 unspecified atom stereocenters. The van der Waals surface area contributed by atoms with Gasteiger partial charge in [-0.1, -0.05) is 37.1 Å². The normalized spacial score (nSPS) is 25.6. The summed E-state index contributed by atoms with van der Waals surface area (Å²) < 4.78 is 5.16. The molecule has 1 aromatic heterocycles. The van der Waals surface area contributed by atoms with Crippen molar-refractivity contribution in [2.24, 2.45) is 11.8 Å². The number of hydrogen-bond acceptors (Lipinski definition) is 4. The summed E-state index contributed by atoms with van der Waals surface area (Å²) in [6.07, 6.45) is 8.70. The third kappa shape index (κ3) is 4.61. The van der Waals surface area contributed by atoms with Gasteiger partial charge in [0.1, 0.15) is 6.26 Å². The van der Waals surface area contributed by atoms with Gasteiger partial charge in [0.05, 0.1) is 17.7 Å². The smallest absolute Gasteiger partial charge is 0.257 e. The summed E-state index contributed by atoms with van der Waals surface area (Å²) in [6.45, 7) is 2.56. The van der Waals surface area contributed by atoms with Crippen molar-refractivity contribution in [2.45, 2.75) is 57.5 Å². The molecule has 34 heavy (non-hydrogen) atoms. The van der Waals surface area contributed by atoms with Gasteiger partial charge in [0.15, 0.2) is 0 Å². The third-order valence-corrected chi connectivity index (χ3v) is 7.71. The number of carbonyl (C=O) groups is 3. The molecule has 7 nitrogen and oxygen atoms in total. The van der Waals surface area contributed by atoms with Gasteiger partial charge < -0.3 is 19.5 Å². The molecule has 1 aromatic carbocycles. The summed E-state index contributed by atoms with van der Waals surface area (Å²) in [7, 11) is 0. The van der Waals surface area contributed by atoms with Gasteiger partial charge in [-0.3, -0.25) is 14.4 Å². The van der Waals surface area contributed by atoms with Crippen LogP contribution in [0.2, 0.25) is 0 Å². The van der Waals surface area contributed by atoms with Gasteiger partial charge in [-0.05, 0) is 49.3 Å². The van der Waals surface area contributed by atoms with Crippen LogP contribution in [-0.4, -0.2) is 53.2 Å². The minimum Gasteiger partial charge on any atom is -0.472 e. The first-order valence-corrected chi connectivity index (χ1v) is 12.6. The molecule has 3 heterocycles. The number of amides is 3. The third-order valence-electron chi connectivity index (χ3n) is 7.71. The second-order valence-electron chi connectivity index (χ2n) is 9.84. The maximum absolute atomic E-state index is 13.6. The summed E-state index contributed by atoms with van der Waals surface area (Å²) in [5.41, 5.74) is 3.00. The van der Waals surface area contributed by atoms with E-state index in [0.717, 1.165) is 32.1 Å². The quantitative estimate of drug-likeness (QED) is 0.740. The van der Waals surface area contributed by atoms with Crippen molar-refractivity contribution in [1.29, 1.82) is 0 Å². The molecule has 180 valence electrons. The van der Waals surface area contributed by atoms with Crippen molar-refractivity contribution < 1.29 is 18.8 Å². The number of nitrogens with one attached hydrogen (secondary N) is 1. The molecular weight excluding hydrogens is 430 g/mol. The standard InChI is InChI=1S/C27H33N3O4/c31-25-23-15-22(26(32)29-13-9-19-7-3-4-8-20(19)17-29)16-24(23)30(12-6-2-1-5-11-28-25)27(33)21-10-14-34-18-21/h3-4,7-8,10,14,18,22-24H,1-2,5-6,9,11-13,15-17H2,(H,28,31)/t22-,23-,24+/m1/s1. The van der Waals surface area contributed by atoms with Crippen LogP contribution in [0.25, 0.3) is 0 Å². The number of fused-ring (bicyclic) bond motifs is 2. The Morgan fingerprint density at radius 2 is 1.79 bits per heavy atom. The number of nitrogens with zero attached hydrogens (tertiary/aromatic N) is 2. The summed E-state index contributed by atoms with van der Waals surface area (Å²) in [5.74, 6) is -0.668. The molecule has 7 heteroatoms. The van der Waals surface area contributed by atoms with E-state index in [1.54, 1.807) is 6.07 Å². The van der Waals surface area contributed by atoms with E-state index >= 15 is 0 Å². The zero-order valence-electron chi connectivity index (χ0n) is 19.6. The number of furan rings is 1. The Morgan fingerprint density at radius 3 is 2.62 bits per heavy atom. The minimum absolute atomic E-state index is 0.0313. The molecular formula is C27H33N3O4. The predicted molar refractivity (Wildman–Crippen MR) is 127 cm³/mol. The molecule has 3 aliphatic rings. The average Bonchev–Trinajstić information content (AvgIpc) is 3.55. The van der Waals surface area contributed by atoms with E-state index in [9.17, 15) is 14.4 Å². The number of hydrogen-bond donors (Lipinski definition) is 1. The fourth-order valence-corrected chi connectivity index (χ4v) is 5.86. The van der Waals surface area contributed by atoms with Crippen molar-refractivity contribution >= 4 is 17.7 Å². The summed E-state index contributed by atoms with van der Waals surface area (Å²) >= 11 is 0. The molecule has 1 saturated heterocycles. The Hall–Kier alpha value is -3.09. The Bertz CT molecular complexity index is 1030. The Balaban J connectivity index is 1.38. The van der Waals surface area contributed by atoms with E-state index < -0.39 is 0 Å². The van der Waals surface area contributed by atoms with Crippen molar-refractivity contribution in [3.8, 4) is 0 Å². The maximum Gasteiger partial charge on any atom is 0.257 e. The highest BCUT2D eigenvalue weighted by molar-refractivity contribution is 5.95. The van der Waals surface area contributed by atoms with Crippen LogP contribution in [0, 0.1) is 11.8 Å². The predicted octanol–water partition coefficient (Wildman–Crippen LogP) is 3.39. The minimum atomic E-state index is -0.375. The molecule has 2 aliphatic heterocycles. The average molecular weight is 464 g/mol. The lowest BCUT2D eigenvalue weighted by atomic mass is 9.97. The van der Waals surface area contributed by atoms with Gasteiger partial charge in [0, 0.05) is 38.1 Å². The maximum atomic E-state index is 13.6. The first-order valence-electron chi connectivity index (χ1n) is 12.6. The van der Waals surface area contributed by atoms with Gasteiger partial charge in [0.25, 0.3) is 5.91 Å². The number of rotatable bonds is 2. The van der Waals surface area contributed by atoms with E-state index in [0.29, 0.717) is 44.6 Å². The van der Waals surface area contributed by atoms with Crippen LogP contribution in [0.5, 0.6) is 0 Å². The largest absolute Gasteiger partial charge is 0.472 e. The van der Waals surface area contributed by atoms with Gasteiger partial charge >= 0.3 is 0 Å². The van der Waals surface area contributed by atoms with Crippen LogP contribution in [0.4, 0.5) is 0 Å². The fourth-order valence-electron chi connectivity index (χ4n) is 5.86. The highest BCUT2D eigenvalue weighted by Gasteiger charge is 2.46. The van der Waals surface area contributed by atoms with Crippen molar-refractivity contribution in [3.05, 3.63) is 59.5 Å². The Morgan fingerprint density at radius 1 is 0.971 bits per heavy atom. The zero-order chi connectivity index (χ0) is 23.5. The van der Waals surface area contributed by atoms with Crippen molar-refractivity contribution in [3.63, 3.8) is 0 Å². The first-order chi connectivity index (χ1) is 16.6.